The molecule has 0 saturated heterocycles. The van der Waals surface area contributed by atoms with E-state index in [4.69, 9.17) is 22.1 Å². The first-order valence-electron chi connectivity index (χ1n) is 8.08. The highest BCUT2D eigenvalue weighted by molar-refractivity contribution is 6.31. The van der Waals surface area contributed by atoms with Crippen LogP contribution in [0.4, 0.5) is 16.3 Å². The van der Waals surface area contributed by atoms with Crippen LogP contribution in [-0.4, -0.2) is 29.2 Å². The maximum atomic E-state index is 12.3. The number of nitrogens with one attached hydrogen (secondary N) is 2. The number of ether oxygens (including phenoxy) is 1. The Morgan fingerprint density at radius 3 is 2.77 bits per heavy atom. The van der Waals surface area contributed by atoms with E-state index in [2.05, 4.69) is 20.6 Å². The van der Waals surface area contributed by atoms with E-state index in [9.17, 15) is 4.79 Å². The van der Waals surface area contributed by atoms with E-state index in [1.54, 1.807) is 18.2 Å². The van der Waals surface area contributed by atoms with Crippen LogP contribution in [0.15, 0.2) is 48.7 Å². The van der Waals surface area contributed by atoms with Crippen molar-refractivity contribution < 1.29 is 9.53 Å². The highest BCUT2D eigenvalue weighted by Gasteiger charge is 2.10. The van der Waals surface area contributed by atoms with E-state index in [1.165, 1.54) is 6.20 Å². The zero-order valence-corrected chi connectivity index (χ0v) is 14.7. The van der Waals surface area contributed by atoms with Gasteiger partial charge >= 0.3 is 6.03 Å². The number of carbonyl (C=O) groups is 1. The van der Waals surface area contributed by atoms with Gasteiger partial charge in [-0.1, -0.05) is 23.7 Å². The maximum Gasteiger partial charge on any atom is 0.325 e. The van der Waals surface area contributed by atoms with Crippen LogP contribution in [0.3, 0.4) is 0 Å². The Hall–Kier alpha value is -2.90. The topological polar surface area (TPSA) is 102 Å². The normalized spacial score (nSPS) is 10.5. The first-order valence-corrected chi connectivity index (χ1v) is 8.46. The molecule has 0 bridgehead atoms. The Bertz CT molecular complexity index is 919. The van der Waals surface area contributed by atoms with Crippen LogP contribution in [-0.2, 0) is 0 Å². The Kier molecular flexibility index (Phi) is 5.83. The van der Waals surface area contributed by atoms with Gasteiger partial charge in [0, 0.05) is 5.02 Å². The van der Waals surface area contributed by atoms with Gasteiger partial charge in [-0.2, -0.15) is 0 Å². The number of rotatable bonds is 6. The van der Waals surface area contributed by atoms with E-state index in [0.29, 0.717) is 47.4 Å². The zero-order chi connectivity index (χ0) is 18.4. The third-order valence-corrected chi connectivity index (χ3v) is 3.72. The number of benzene rings is 2. The number of amides is 2. The van der Waals surface area contributed by atoms with E-state index < -0.39 is 6.03 Å². The molecule has 2 amide bonds. The number of halogens is 1. The minimum Gasteiger partial charge on any atom is -0.491 e. The molecule has 1 aromatic heterocycles. The average molecular weight is 372 g/mol. The van der Waals surface area contributed by atoms with Crippen LogP contribution in [0.1, 0.15) is 6.42 Å². The summed E-state index contributed by atoms with van der Waals surface area (Å²) in [5.74, 6) is 0.858. The molecule has 26 heavy (non-hydrogen) atoms. The molecule has 4 N–H and O–H groups in total. The molecule has 0 radical (unpaired) electrons. The summed E-state index contributed by atoms with van der Waals surface area (Å²) in [6.07, 6.45) is 2.21. The van der Waals surface area contributed by atoms with Crippen molar-refractivity contribution in [2.45, 2.75) is 6.42 Å². The fourth-order valence-electron chi connectivity index (χ4n) is 2.28. The number of nitrogens with zero attached hydrogens (tertiary/aromatic N) is 2. The standard InChI is InChI=1S/C18H18ClN5O2/c19-12-6-7-16(26-9-3-8-20)15(10-12)23-18(25)24-17-11-21-13-4-1-2-5-14(13)22-17/h1-2,4-7,10-11H,3,8-9,20H2,(H2,22,23,24,25). The monoisotopic (exact) mass is 371 g/mol. The third-order valence-electron chi connectivity index (χ3n) is 3.49. The van der Waals surface area contributed by atoms with Crippen molar-refractivity contribution in [1.82, 2.24) is 9.97 Å². The van der Waals surface area contributed by atoms with Gasteiger partial charge < -0.3 is 15.8 Å². The Morgan fingerprint density at radius 1 is 1.15 bits per heavy atom. The Labute approximate surface area is 155 Å². The van der Waals surface area contributed by atoms with Gasteiger partial charge in [-0.05, 0) is 43.3 Å². The molecular weight excluding hydrogens is 354 g/mol. The second-order valence-electron chi connectivity index (χ2n) is 5.45. The lowest BCUT2D eigenvalue weighted by atomic mass is 10.3. The number of urea groups is 1. The van der Waals surface area contributed by atoms with E-state index in [0.717, 1.165) is 5.52 Å². The lowest BCUT2D eigenvalue weighted by Crippen LogP contribution is -2.21. The number of fused-ring (bicyclic) bond motifs is 1. The van der Waals surface area contributed by atoms with E-state index in [1.807, 2.05) is 24.3 Å². The number of nitrogens with two attached hydrogens (primary N) is 1. The lowest BCUT2D eigenvalue weighted by molar-refractivity contribution is 0.261. The summed E-state index contributed by atoms with van der Waals surface area (Å²) in [6, 6.07) is 11.9. The molecule has 0 atom stereocenters. The smallest absolute Gasteiger partial charge is 0.325 e. The molecule has 0 aliphatic carbocycles. The molecule has 0 saturated carbocycles. The molecule has 0 aliphatic heterocycles. The van der Waals surface area contributed by atoms with E-state index in [-0.39, 0.29) is 0 Å². The molecule has 7 nitrogen and oxygen atoms in total. The van der Waals surface area contributed by atoms with Crippen LogP contribution in [0.5, 0.6) is 5.75 Å². The van der Waals surface area contributed by atoms with Gasteiger partial charge in [0.2, 0.25) is 0 Å². The largest absolute Gasteiger partial charge is 0.491 e. The number of hydrogen-bond donors (Lipinski definition) is 3. The fraction of sp³-hybridized carbons (Fsp3) is 0.167. The molecule has 0 aliphatic rings. The van der Waals surface area contributed by atoms with Crippen LogP contribution in [0.25, 0.3) is 11.0 Å². The molecule has 3 aromatic rings. The highest BCUT2D eigenvalue weighted by atomic mass is 35.5. The second kappa shape index (κ2) is 8.46. The van der Waals surface area contributed by atoms with Crippen LogP contribution >= 0.6 is 11.6 Å². The number of aromatic nitrogens is 2. The zero-order valence-electron chi connectivity index (χ0n) is 13.9. The van der Waals surface area contributed by atoms with Gasteiger partial charge in [-0.3, -0.25) is 10.3 Å². The second-order valence-corrected chi connectivity index (χ2v) is 5.89. The van der Waals surface area contributed by atoms with Crippen molar-refractivity contribution >= 4 is 40.2 Å². The lowest BCUT2D eigenvalue weighted by Gasteiger charge is -2.13. The summed E-state index contributed by atoms with van der Waals surface area (Å²) >= 11 is 6.02. The maximum absolute atomic E-state index is 12.3. The average Bonchev–Trinajstić information content (AvgIpc) is 2.63. The molecule has 0 fully saturated rings. The predicted octanol–water partition coefficient (Wildman–Crippen LogP) is 3.65. The molecule has 3 rings (SSSR count). The quantitative estimate of drug-likeness (QED) is 0.574. The van der Waals surface area contributed by atoms with Crippen molar-refractivity contribution in [2.75, 3.05) is 23.8 Å². The van der Waals surface area contributed by atoms with Crippen molar-refractivity contribution in [3.63, 3.8) is 0 Å². The summed E-state index contributed by atoms with van der Waals surface area (Å²) < 4.78 is 5.63. The SMILES string of the molecule is NCCCOc1ccc(Cl)cc1NC(=O)Nc1cnc2ccccc2n1. The number of carbonyl (C=O) groups excluding carboxylic acids is 1. The van der Waals surface area contributed by atoms with Crippen molar-refractivity contribution in [3.8, 4) is 5.75 Å². The Morgan fingerprint density at radius 2 is 1.96 bits per heavy atom. The number of para-hydroxylation sites is 2. The first-order chi connectivity index (χ1) is 12.7. The van der Waals surface area contributed by atoms with Gasteiger partial charge in [0.05, 0.1) is 29.5 Å². The fourth-order valence-corrected chi connectivity index (χ4v) is 2.45. The van der Waals surface area contributed by atoms with Crippen LogP contribution < -0.4 is 21.1 Å². The third kappa shape index (κ3) is 4.59. The van der Waals surface area contributed by atoms with Gasteiger partial charge in [0.1, 0.15) is 5.75 Å². The summed E-state index contributed by atoms with van der Waals surface area (Å²) in [5, 5.41) is 5.85. The molecular formula is C18H18ClN5O2. The Balaban J connectivity index is 1.71. The van der Waals surface area contributed by atoms with Crippen LogP contribution in [0, 0.1) is 0 Å². The van der Waals surface area contributed by atoms with Crippen LogP contribution in [0.2, 0.25) is 5.02 Å². The molecule has 2 aromatic carbocycles. The molecule has 0 spiro atoms. The molecule has 0 unspecified atom stereocenters. The summed E-state index contributed by atoms with van der Waals surface area (Å²) in [4.78, 5) is 20.9. The number of hydrogen-bond acceptors (Lipinski definition) is 5. The van der Waals surface area contributed by atoms with Crippen molar-refractivity contribution in [1.29, 1.82) is 0 Å². The summed E-state index contributed by atoms with van der Waals surface area (Å²) in [5.41, 5.74) is 7.37. The summed E-state index contributed by atoms with van der Waals surface area (Å²) in [6.45, 7) is 0.974. The van der Waals surface area contributed by atoms with Crippen molar-refractivity contribution in [3.05, 3.63) is 53.7 Å². The van der Waals surface area contributed by atoms with E-state index >= 15 is 0 Å². The minimum atomic E-state index is -0.472. The van der Waals surface area contributed by atoms with Gasteiger partial charge in [-0.25, -0.2) is 9.78 Å². The first kappa shape index (κ1) is 17.9. The molecule has 134 valence electrons. The minimum absolute atomic E-state index is 0.342. The van der Waals surface area contributed by atoms with Gasteiger partial charge in [0.15, 0.2) is 5.82 Å². The number of anilines is 2. The molecule has 1 heterocycles. The summed E-state index contributed by atoms with van der Waals surface area (Å²) in [7, 11) is 0. The van der Waals surface area contributed by atoms with Crippen molar-refractivity contribution in [2.24, 2.45) is 5.73 Å². The predicted molar refractivity (Wildman–Crippen MR) is 103 cm³/mol. The highest BCUT2D eigenvalue weighted by Crippen LogP contribution is 2.28. The van der Waals surface area contributed by atoms with Gasteiger partial charge in [0.25, 0.3) is 0 Å². The van der Waals surface area contributed by atoms with Gasteiger partial charge in [-0.15, -0.1) is 0 Å². The molecule has 8 heteroatoms.